The summed E-state index contributed by atoms with van der Waals surface area (Å²) in [7, 11) is 0. The molecule has 1 saturated carbocycles. The monoisotopic (exact) mass is 427 g/mol. The van der Waals surface area contributed by atoms with Gasteiger partial charge in [0, 0.05) is 12.1 Å². The Balaban J connectivity index is 1.96. The van der Waals surface area contributed by atoms with E-state index in [1.807, 2.05) is 19.1 Å². The number of carbonyl (C=O) groups is 1. The van der Waals surface area contributed by atoms with Gasteiger partial charge >= 0.3 is 0 Å². The minimum atomic E-state index is -0.701. The van der Waals surface area contributed by atoms with E-state index < -0.39 is 6.17 Å². The highest BCUT2D eigenvalue weighted by Crippen LogP contribution is 2.48. The van der Waals surface area contributed by atoms with E-state index >= 15 is 0 Å². The molecule has 0 aliphatic heterocycles. The number of allylic oxidation sites excluding steroid dienone is 9. The molecule has 2 aliphatic rings. The Morgan fingerprint density at radius 1 is 0.968 bits per heavy atom. The Morgan fingerprint density at radius 2 is 1.58 bits per heavy atom. The lowest BCUT2D eigenvalue weighted by atomic mass is 9.63. The minimum absolute atomic E-state index is 0.0883. The van der Waals surface area contributed by atoms with Crippen LogP contribution in [0.4, 0.5) is 4.39 Å². The summed E-state index contributed by atoms with van der Waals surface area (Å²) >= 11 is 0. The molecule has 2 aliphatic carbocycles. The van der Waals surface area contributed by atoms with Crippen LogP contribution >= 0.6 is 0 Å². The van der Waals surface area contributed by atoms with Gasteiger partial charge in [0.15, 0.2) is 0 Å². The summed E-state index contributed by atoms with van der Waals surface area (Å²) in [5, 5.41) is 3.00. The molecule has 0 spiro atoms. The van der Waals surface area contributed by atoms with Crippen LogP contribution in [-0.4, -0.2) is 18.1 Å². The molecule has 1 fully saturated rings. The second-order valence-electron chi connectivity index (χ2n) is 10.8. The minimum Gasteiger partial charge on any atom is -0.350 e. The molecule has 0 aromatic heterocycles. The molecule has 172 valence electrons. The van der Waals surface area contributed by atoms with Crippen LogP contribution in [0.1, 0.15) is 87.0 Å². The summed E-state index contributed by atoms with van der Waals surface area (Å²) in [6.45, 7) is 15.7. The van der Waals surface area contributed by atoms with Gasteiger partial charge in [-0.05, 0) is 81.3 Å². The van der Waals surface area contributed by atoms with Gasteiger partial charge in [0.1, 0.15) is 6.17 Å². The van der Waals surface area contributed by atoms with E-state index in [1.165, 1.54) is 29.6 Å². The zero-order valence-corrected chi connectivity index (χ0v) is 20.6. The maximum Gasteiger partial charge on any atom is 0.244 e. The molecule has 0 atom stereocenters. The molecule has 2 rings (SSSR count). The van der Waals surface area contributed by atoms with Crippen molar-refractivity contribution in [2.75, 3.05) is 0 Å². The Bertz CT molecular complexity index is 799. The number of amides is 1. The van der Waals surface area contributed by atoms with Crippen LogP contribution in [0.15, 0.2) is 58.7 Å². The topological polar surface area (TPSA) is 29.1 Å². The van der Waals surface area contributed by atoms with E-state index in [-0.39, 0.29) is 22.8 Å². The van der Waals surface area contributed by atoms with Crippen LogP contribution in [-0.2, 0) is 4.79 Å². The van der Waals surface area contributed by atoms with Gasteiger partial charge in [0.2, 0.25) is 5.91 Å². The first-order valence-electron chi connectivity index (χ1n) is 11.8. The molecule has 1 amide bonds. The maximum atomic E-state index is 13.2. The van der Waals surface area contributed by atoms with Crippen molar-refractivity contribution in [1.29, 1.82) is 0 Å². The van der Waals surface area contributed by atoms with Crippen molar-refractivity contribution in [3.05, 3.63) is 58.7 Å². The van der Waals surface area contributed by atoms with E-state index in [4.69, 9.17) is 0 Å². The van der Waals surface area contributed by atoms with E-state index in [0.29, 0.717) is 12.8 Å². The molecule has 2 nitrogen and oxygen atoms in total. The number of carbonyl (C=O) groups excluding carboxylic acids is 1. The molecular weight excluding hydrogens is 385 g/mol. The highest BCUT2D eigenvalue weighted by atomic mass is 19.1. The van der Waals surface area contributed by atoms with Crippen molar-refractivity contribution in [2.45, 2.75) is 99.2 Å². The summed E-state index contributed by atoms with van der Waals surface area (Å²) in [6, 6.07) is 0.103. The third kappa shape index (κ3) is 7.63. The van der Waals surface area contributed by atoms with Crippen LogP contribution in [0.25, 0.3) is 0 Å². The van der Waals surface area contributed by atoms with Crippen molar-refractivity contribution >= 4 is 5.91 Å². The molecule has 0 heterocycles. The fourth-order valence-corrected chi connectivity index (χ4v) is 4.49. The highest BCUT2D eigenvalue weighted by molar-refractivity contribution is 5.88. The molecule has 31 heavy (non-hydrogen) atoms. The predicted octanol–water partition coefficient (Wildman–Crippen LogP) is 7.55. The van der Waals surface area contributed by atoms with Crippen LogP contribution in [0.3, 0.4) is 0 Å². The smallest absolute Gasteiger partial charge is 0.244 e. The lowest BCUT2D eigenvalue weighted by Crippen LogP contribution is -2.37. The van der Waals surface area contributed by atoms with E-state index in [0.717, 1.165) is 18.4 Å². The van der Waals surface area contributed by atoms with Crippen LogP contribution in [0.2, 0.25) is 0 Å². The van der Waals surface area contributed by atoms with Crippen molar-refractivity contribution in [3.8, 4) is 0 Å². The average molecular weight is 428 g/mol. The van der Waals surface area contributed by atoms with Gasteiger partial charge in [0.05, 0.1) is 0 Å². The lowest BCUT2D eigenvalue weighted by Gasteiger charge is -2.42. The highest BCUT2D eigenvalue weighted by Gasteiger charge is 2.35. The van der Waals surface area contributed by atoms with Gasteiger partial charge in [-0.25, -0.2) is 4.39 Å². The third-order valence-electron chi connectivity index (χ3n) is 7.12. The van der Waals surface area contributed by atoms with E-state index in [1.54, 1.807) is 6.08 Å². The van der Waals surface area contributed by atoms with Crippen LogP contribution in [0.5, 0.6) is 0 Å². The fraction of sp³-hybridized carbons (Fsp3) is 0.607. The third-order valence-corrected chi connectivity index (χ3v) is 7.12. The molecule has 0 radical (unpaired) electrons. The molecule has 0 aromatic carbocycles. The number of rotatable bonds is 6. The Morgan fingerprint density at radius 3 is 2.23 bits per heavy atom. The molecule has 0 saturated heterocycles. The quantitative estimate of drug-likeness (QED) is 0.344. The number of alkyl halides is 1. The van der Waals surface area contributed by atoms with Crippen molar-refractivity contribution in [3.63, 3.8) is 0 Å². The van der Waals surface area contributed by atoms with Crippen LogP contribution < -0.4 is 5.32 Å². The van der Waals surface area contributed by atoms with Gasteiger partial charge < -0.3 is 5.32 Å². The Hall–Kier alpha value is -1.90. The van der Waals surface area contributed by atoms with Crippen LogP contribution in [0, 0.1) is 10.8 Å². The first kappa shape index (κ1) is 25.4. The van der Waals surface area contributed by atoms with Gasteiger partial charge in [-0.15, -0.1) is 0 Å². The maximum absolute atomic E-state index is 13.2. The van der Waals surface area contributed by atoms with Crippen molar-refractivity contribution < 1.29 is 9.18 Å². The van der Waals surface area contributed by atoms with Gasteiger partial charge in [-0.1, -0.05) is 69.2 Å². The Labute approximate surface area is 189 Å². The summed E-state index contributed by atoms with van der Waals surface area (Å²) in [5.74, 6) is -0.0883. The standard InChI is InChI=1S/C28H42FNO/c1-20(11-16-25-22(3)27(4,5)17-18-28(25,6)7)9-8-10-21(2)19-26(31)30-24-14-12-23(29)13-15-24/h8-11,16,19,23-24H,12-15,17-18H2,1-7H3,(H,30,31)/b10-8+,16-11+,20-9+,21-19+. The van der Waals surface area contributed by atoms with Crippen molar-refractivity contribution in [1.82, 2.24) is 5.32 Å². The Kier molecular flexibility index (Phi) is 8.68. The van der Waals surface area contributed by atoms with E-state index in [9.17, 15) is 9.18 Å². The SMILES string of the molecule is CC1=C(/C=C/C(C)=C/C=C/C(C)=C/C(=O)NC2CCC(F)CC2)C(C)(C)CCC1(C)C. The second kappa shape index (κ2) is 10.6. The number of nitrogens with one attached hydrogen (secondary N) is 1. The summed E-state index contributed by atoms with van der Waals surface area (Å²) in [5.41, 5.74) is 5.50. The number of halogens is 1. The zero-order valence-electron chi connectivity index (χ0n) is 20.6. The van der Waals surface area contributed by atoms with Crippen molar-refractivity contribution in [2.24, 2.45) is 10.8 Å². The first-order valence-corrected chi connectivity index (χ1v) is 11.8. The molecule has 1 N–H and O–H groups in total. The zero-order chi connectivity index (χ0) is 23.2. The van der Waals surface area contributed by atoms with Gasteiger partial charge in [0.25, 0.3) is 0 Å². The first-order chi connectivity index (χ1) is 14.4. The molecule has 3 heteroatoms. The number of hydrogen-bond donors (Lipinski definition) is 1. The average Bonchev–Trinajstić information content (AvgIpc) is 2.67. The van der Waals surface area contributed by atoms with E-state index in [2.05, 4.69) is 65.1 Å². The largest absolute Gasteiger partial charge is 0.350 e. The number of hydrogen-bond acceptors (Lipinski definition) is 1. The normalized spacial score (nSPS) is 27.2. The summed E-state index contributed by atoms with van der Waals surface area (Å²) in [6.07, 6.45) is 16.4. The lowest BCUT2D eigenvalue weighted by molar-refractivity contribution is -0.117. The van der Waals surface area contributed by atoms with Gasteiger partial charge in [-0.3, -0.25) is 4.79 Å². The second-order valence-corrected chi connectivity index (χ2v) is 10.8. The van der Waals surface area contributed by atoms with Gasteiger partial charge in [-0.2, -0.15) is 0 Å². The predicted molar refractivity (Wildman–Crippen MR) is 131 cm³/mol. The molecule has 0 unspecified atom stereocenters. The summed E-state index contributed by atoms with van der Waals surface area (Å²) < 4.78 is 13.2. The molecular formula is C28H42FNO. The molecule has 0 bridgehead atoms. The molecule has 0 aromatic rings. The summed E-state index contributed by atoms with van der Waals surface area (Å²) in [4.78, 5) is 12.2. The fourth-order valence-electron chi connectivity index (χ4n) is 4.49.